The number of aromatic nitrogens is 2. The average molecular weight is 328 g/mol. The lowest BCUT2D eigenvalue weighted by Gasteiger charge is -2.14. The summed E-state index contributed by atoms with van der Waals surface area (Å²) < 4.78 is 24.9. The molecule has 0 aliphatic heterocycles. The molecule has 0 saturated heterocycles. The second-order valence-corrected chi connectivity index (χ2v) is 5.53. The monoisotopic (exact) mass is 328 g/mol. The molecule has 5 nitrogen and oxygen atoms in total. The highest BCUT2D eigenvalue weighted by Gasteiger charge is 2.15. The van der Waals surface area contributed by atoms with Gasteiger partial charge in [0.1, 0.15) is 5.75 Å². The van der Waals surface area contributed by atoms with Crippen LogP contribution in [0.15, 0.2) is 41.2 Å². The quantitative estimate of drug-likeness (QED) is 0.689. The van der Waals surface area contributed by atoms with Crippen LogP contribution in [0.2, 0.25) is 0 Å². The molecule has 3 aromatic rings. The second-order valence-electron chi connectivity index (χ2n) is 5.53. The molecule has 3 rings (SSSR count). The Balaban J connectivity index is 2.18. The molecule has 0 aliphatic rings. The standard InChI is InChI=1S/C18H17FN2O3/c1-11-8-13(9-12(2)16(11)24-10-23-3)17-20-15-7-5-4-6-14(15)18(22)21(17)19/h4-9H,10H2,1-3H3. The maximum Gasteiger partial charge on any atom is 0.290 e. The molecule has 6 heteroatoms. The largest absolute Gasteiger partial charge is 0.467 e. The molecule has 0 unspecified atom stereocenters. The van der Waals surface area contributed by atoms with Crippen LogP contribution in [0, 0.1) is 13.8 Å². The van der Waals surface area contributed by atoms with Gasteiger partial charge in [-0.25, -0.2) is 4.98 Å². The maximum absolute atomic E-state index is 14.5. The van der Waals surface area contributed by atoms with Gasteiger partial charge in [-0.15, -0.1) is 4.79 Å². The van der Waals surface area contributed by atoms with Gasteiger partial charge in [-0.2, -0.15) is 0 Å². The molecular formula is C18H17FN2O3. The number of benzene rings is 2. The van der Waals surface area contributed by atoms with Gasteiger partial charge in [0.05, 0.1) is 10.9 Å². The Hall–Kier alpha value is -2.73. The van der Waals surface area contributed by atoms with E-state index < -0.39 is 5.56 Å². The predicted molar refractivity (Wildman–Crippen MR) is 89.9 cm³/mol. The van der Waals surface area contributed by atoms with E-state index in [9.17, 15) is 9.28 Å². The fraction of sp³-hybridized carbons (Fsp3) is 0.222. The van der Waals surface area contributed by atoms with E-state index in [0.717, 1.165) is 11.1 Å². The Morgan fingerprint density at radius 3 is 2.50 bits per heavy atom. The van der Waals surface area contributed by atoms with E-state index in [1.807, 2.05) is 13.8 Å². The molecular weight excluding hydrogens is 311 g/mol. The third-order valence-electron chi connectivity index (χ3n) is 3.76. The molecule has 0 saturated carbocycles. The van der Waals surface area contributed by atoms with Crippen molar-refractivity contribution < 1.29 is 14.0 Å². The number of methoxy groups -OCH3 is 1. The summed E-state index contributed by atoms with van der Waals surface area (Å²) in [5.74, 6) is 0.650. The molecule has 1 heterocycles. The Kier molecular flexibility index (Phi) is 4.31. The highest BCUT2D eigenvalue weighted by molar-refractivity contribution is 5.79. The zero-order valence-corrected chi connectivity index (χ0v) is 13.7. The van der Waals surface area contributed by atoms with Crippen molar-refractivity contribution in [3.63, 3.8) is 0 Å². The Morgan fingerprint density at radius 1 is 1.17 bits per heavy atom. The van der Waals surface area contributed by atoms with Gasteiger partial charge in [-0.3, -0.25) is 4.79 Å². The smallest absolute Gasteiger partial charge is 0.290 e. The van der Waals surface area contributed by atoms with Crippen LogP contribution in [0.4, 0.5) is 4.48 Å². The molecule has 124 valence electrons. The molecule has 0 atom stereocenters. The zero-order valence-electron chi connectivity index (χ0n) is 13.7. The molecule has 2 aromatic carbocycles. The third-order valence-corrected chi connectivity index (χ3v) is 3.76. The molecule has 1 aromatic heterocycles. The first-order valence-corrected chi connectivity index (χ1v) is 7.44. The average Bonchev–Trinajstić information content (AvgIpc) is 2.57. The van der Waals surface area contributed by atoms with Gasteiger partial charge in [-0.1, -0.05) is 16.6 Å². The predicted octanol–water partition coefficient (Wildman–Crippen LogP) is 3.40. The molecule has 0 fully saturated rings. The van der Waals surface area contributed by atoms with Crippen LogP contribution >= 0.6 is 0 Å². The fourth-order valence-corrected chi connectivity index (χ4v) is 2.71. The van der Waals surface area contributed by atoms with Crippen LogP contribution in [-0.2, 0) is 4.74 Å². The van der Waals surface area contributed by atoms with Crippen molar-refractivity contribution in [1.29, 1.82) is 0 Å². The maximum atomic E-state index is 14.5. The minimum absolute atomic E-state index is 0.0248. The van der Waals surface area contributed by atoms with Gasteiger partial charge in [0, 0.05) is 12.7 Å². The minimum atomic E-state index is -0.717. The number of halogens is 1. The number of rotatable bonds is 4. The van der Waals surface area contributed by atoms with Gasteiger partial charge in [0.25, 0.3) is 5.56 Å². The summed E-state index contributed by atoms with van der Waals surface area (Å²) in [4.78, 5) is 16.6. The third kappa shape index (κ3) is 2.76. The van der Waals surface area contributed by atoms with Crippen LogP contribution in [0.1, 0.15) is 11.1 Å². The zero-order chi connectivity index (χ0) is 17.3. The first kappa shape index (κ1) is 16.1. The summed E-state index contributed by atoms with van der Waals surface area (Å²) in [5, 5.41) is 0.247. The van der Waals surface area contributed by atoms with E-state index in [-0.39, 0.29) is 22.8 Å². The minimum Gasteiger partial charge on any atom is -0.467 e. The Labute approximate surface area is 138 Å². The van der Waals surface area contributed by atoms with Gasteiger partial charge in [0.15, 0.2) is 12.6 Å². The first-order chi connectivity index (χ1) is 11.5. The molecule has 0 N–H and O–H groups in total. The fourth-order valence-electron chi connectivity index (χ4n) is 2.71. The van der Waals surface area contributed by atoms with E-state index in [4.69, 9.17) is 9.47 Å². The topological polar surface area (TPSA) is 53.4 Å². The van der Waals surface area contributed by atoms with E-state index >= 15 is 0 Å². The van der Waals surface area contributed by atoms with Gasteiger partial charge < -0.3 is 9.47 Å². The number of hydrogen-bond donors (Lipinski definition) is 0. The number of hydrogen-bond acceptors (Lipinski definition) is 4. The van der Waals surface area contributed by atoms with Crippen LogP contribution in [0.25, 0.3) is 22.3 Å². The Morgan fingerprint density at radius 2 is 1.83 bits per heavy atom. The first-order valence-electron chi connectivity index (χ1n) is 7.44. The van der Waals surface area contributed by atoms with E-state index in [2.05, 4.69) is 4.98 Å². The van der Waals surface area contributed by atoms with Gasteiger partial charge >= 0.3 is 0 Å². The van der Waals surface area contributed by atoms with Gasteiger partial charge in [0.2, 0.25) is 0 Å². The number of para-hydroxylation sites is 1. The van der Waals surface area contributed by atoms with Crippen molar-refractivity contribution in [2.45, 2.75) is 13.8 Å². The summed E-state index contributed by atoms with van der Waals surface area (Å²) in [5.41, 5.74) is 1.88. The Bertz CT molecular complexity index is 943. The van der Waals surface area contributed by atoms with Crippen molar-refractivity contribution in [3.8, 4) is 17.1 Å². The van der Waals surface area contributed by atoms with Crippen molar-refractivity contribution in [3.05, 3.63) is 57.9 Å². The molecule has 0 amide bonds. The second kappa shape index (κ2) is 6.41. The van der Waals surface area contributed by atoms with Crippen molar-refractivity contribution in [2.75, 3.05) is 13.9 Å². The number of aryl methyl sites for hydroxylation is 2. The van der Waals surface area contributed by atoms with E-state index in [1.54, 1.807) is 43.5 Å². The van der Waals surface area contributed by atoms with Crippen LogP contribution in [0.3, 0.4) is 0 Å². The van der Waals surface area contributed by atoms with Crippen LogP contribution in [0.5, 0.6) is 5.75 Å². The number of fused-ring (bicyclic) bond motifs is 1. The summed E-state index contributed by atoms with van der Waals surface area (Å²) in [7, 11) is 1.54. The lowest BCUT2D eigenvalue weighted by Crippen LogP contribution is -2.17. The molecule has 0 radical (unpaired) electrons. The van der Waals surface area contributed by atoms with Gasteiger partial charge in [-0.05, 0) is 49.2 Å². The summed E-state index contributed by atoms with van der Waals surface area (Å²) in [6, 6.07) is 10.2. The highest BCUT2D eigenvalue weighted by atomic mass is 19.2. The molecule has 0 bridgehead atoms. The molecule has 24 heavy (non-hydrogen) atoms. The van der Waals surface area contributed by atoms with Crippen LogP contribution < -0.4 is 10.3 Å². The number of nitrogens with zero attached hydrogens (tertiary/aromatic N) is 2. The lowest BCUT2D eigenvalue weighted by atomic mass is 10.0. The SMILES string of the molecule is COCOc1c(C)cc(-c2nc3ccccc3c(=O)n2F)cc1C. The highest BCUT2D eigenvalue weighted by Crippen LogP contribution is 2.29. The van der Waals surface area contributed by atoms with Crippen molar-refractivity contribution in [2.24, 2.45) is 0 Å². The molecule has 0 aliphatic carbocycles. The van der Waals surface area contributed by atoms with E-state index in [0.29, 0.717) is 16.8 Å². The number of ether oxygens (including phenoxy) is 2. The van der Waals surface area contributed by atoms with Crippen molar-refractivity contribution >= 4 is 10.9 Å². The molecule has 0 spiro atoms. The normalized spacial score (nSPS) is 11.0. The summed E-state index contributed by atoms with van der Waals surface area (Å²) >= 11 is 0. The summed E-state index contributed by atoms with van der Waals surface area (Å²) in [6.45, 7) is 3.83. The van der Waals surface area contributed by atoms with Crippen LogP contribution in [-0.4, -0.2) is 23.7 Å². The van der Waals surface area contributed by atoms with E-state index in [1.165, 1.54) is 0 Å². The lowest BCUT2D eigenvalue weighted by molar-refractivity contribution is 0.0501. The summed E-state index contributed by atoms with van der Waals surface area (Å²) in [6.07, 6.45) is 0. The van der Waals surface area contributed by atoms with Crippen molar-refractivity contribution in [1.82, 2.24) is 9.77 Å².